The average Bonchev–Trinajstić information content (AvgIpc) is 3.28. The third kappa shape index (κ3) is 6.52. The molecule has 0 radical (unpaired) electrons. The Morgan fingerprint density at radius 1 is 1.05 bits per heavy atom. The molecule has 3 aromatic carbocycles. The lowest BCUT2D eigenvalue weighted by Gasteiger charge is -2.17. The van der Waals surface area contributed by atoms with E-state index in [1.54, 1.807) is 35.2 Å². The highest BCUT2D eigenvalue weighted by Crippen LogP contribution is 2.29. The quantitative estimate of drug-likeness (QED) is 0.332. The molecule has 1 N–H and O–H groups in total. The predicted octanol–water partition coefficient (Wildman–Crippen LogP) is 4.92. The molecule has 1 aliphatic rings. The van der Waals surface area contributed by atoms with Gasteiger partial charge in [0.15, 0.2) is 11.5 Å². The number of ether oxygens (including phenoxy) is 2. The summed E-state index contributed by atoms with van der Waals surface area (Å²) in [4.78, 5) is 26.9. The van der Waals surface area contributed by atoms with Crippen LogP contribution in [0.1, 0.15) is 35.6 Å². The summed E-state index contributed by atoms with van der Waals surface area (Å²) < 4.78 is 24.7. The van der Waals surface area contributed by atoms with Crippen molar-refractivity contribution in [2.75, 3.05) is 18.1 Å². The second kappa shape index (κ2) is 11.7. The summed E-state index contributed by atoms with van der Waals surface area (Å²) in [6, 6.07) is 17.3. The van der Waals surface area contributed by atoms with Crippen molar-refractivity contribution in [3.05, 3.63) is 88.7 Å². The van der Waals surface area contributed by atoms with E-state index in [0.717, 1.165) is 22.4 Å². The highest BCUT2D eigenvalue weighted by atomic mass is 19.1. The van der Waals surface area contributed by atoms with Gasteiger partial charge in [-0.3, -0.25) is 9.59 Å². The van der Waals surface area contributed by atoms with Gasteiger partial charge in [-0.15, -0.1) is 0 Å². The molecule has 0 aromatic heterocycles. The van der Waals surface area contributed by atoms with Gasteiger partial charge in [0.1, 0.15) is 12.4 Å². The average molecular weight is 504 g/mol. The van der Waals surface area contributed by atoms with Gasteiger partial charge in [-0.2, -0.15) is 5.10 Å². The van der Waals surface area contributed by atoms with Crippen LogP contribution in [0.3, 0.4) is 0 Å². The number of nitrogens with zero attached hydrogens (tertiary/aromatic N) is 2. The normalized spacial score (nSPS) is 15.3. The molecule has 0 saturated carbocycles. The second-order valence-corrected chi connectivity index (χ2v) is 8.96. The minimum absolute atomic E-state index is 0.0787. The van der Waals surface area contributed by atoms with E-state index in [0.29, 0.717) is 30.2 Å². The van der Waals surface area contributed by atoms with Crippen LogP contribution in [0, 0.1) is 25.6 Å². The zero-order valence-electron chi connectivity index (χ0n) is 21.2. The third-order valence-electron chi connectivity index (χ3n) is 6.26. The highest BCUT2D eigenvalue weighted by Gasteiger charge is 2.35. The topological polar surface area (TPSA) is 80.2 Å². The molecule has 1 fully saturated rings. The summed E-state index contributed by atoms with van der Waals surface area (Å²) in [6.45, 7) is 6.91. The van der Waals surface area contributed by atoms with Crippen LogP contribution in [0.5, 0.6) is 11.5 Å². The number of nitrogens with one attached hydrogen (secondary N) is 1. The molecular weight excluding hydrogens is 473 g/mol. The fraction of sp³-hybridized carbons (Fsp3) is 0.276. The third-order valence-corrected chi connectivity index (χ3v) is 6.26. The van der Waals surface area contributed by atoms with Crippen molar-refractivity contribution in [1.29, 1.82) is 0 Å². The Bertz CT molecular complexity index is 1310. The molecule has 0 spiro atoms. The molecule has 1 atom stereocenters. The minimum atomic E-state index is -0.479. The van der Waals surface area contributed by atoms with Crippen molar-refractivity contribution in [1.82, 2.24) is 5.43 Å². The first-order chi connectivity index (χ1) is 17.8. The van der Waals surface area contributed by atoms with Gasteiger partial charge < -0.3 is 14.4 Å². The van der Waals surface area contributed by atoms with E-state index >= 15 is 0 Å². The number of hydrogen-bond donors (Lipinski definition) is 1. The second-order valence-electron chi connectivity index (χ2n) is 8.96. The molecule has 37 heavy (non-hydrogen) atoms. The number of carbonyl (C=O) groups is 2. The van der Waals surface area contributed by atoms with Crippen LogP contribution in [-0.4, -0.2) is 31.2 Å². The van der Waals surface area contributed by atoms with E-state index < -0.39 is 5.92 Å². The van der Waals surface area contributed by atoms with Gasteiger partial charge in [0, 0.05) is 18.7 Å². The first-order valence-corrected chi connectivity index (χ1v) is 12.2. The number of benzene rings is 3. The van der Waals surface area contributed by atoms with E-state index in [4.69, 9.17) is 9.47 Å². The molecule has 0 aliphatic carbocycles. The van der Waals surface area contributed by atoms with Crippen LogP contribution in [0.2, 0.25) is 0 Å². The first kappa shape index (κ1) is 25.9. The van der Waals surface area contributed by atoms with Gasteiger partial charge in [-0.25, -0.2) is 9.82 Å². The van der Waals surface area contributed by atoms with Crippen molar-refractivity contribution in [3.63, 3.8) is 0 Å². The van der Waals surface area contributed by atoms with Crippen LogP contribution in [0.4, 0.5) is 10.1 Å². The number of aryl methyl sites for hydroxylation is 2. The van der Waals surface area contributed by atoms with Crippen molar-refractivity contribution in [2.45, 2.75) is 33.8 Å². The number of anilines is 1. The highest BCUT2D eigenvalue weighted by molar-refractivity contribution is 6.00. The largest absolute Gasteiger partial charge is 0.490 e. The standard InChI is InChI=1S/C29H30FN3O4/c1-4-36-27-14-22(8-12-26(27)37-18-21-6-9-24(30)10-7-21)16-31-32-29(35)23-15-28(34)33(17-23)25-11-5-19(2)20(3)13-25/h5-14,16,23H,4,15,17-18H2,1-3H3,(H,32,35)/b31-16-/t23-/m1/s1. The lowest BCUT2D eigenvalue weighted by Crippen LogP contribution is -2.30. The smallest absolute Gasteiger partial charge is 0.245 e. The summed E-state index contributed by atoms with van der Waals surface area (Å²) in [6.07, 6.45) is 1.66. The molecule has 1 heterocycles. The summed E-state index contributed by atoms with van der Waals surface area (Å²) in [7, 11) is 0. The lowest BCUT2D eigenvalue weighted by atomic mass is 10.1. The van der Waals surface area contributed by atoms with Crippen LogP contribution in [-0.2, 0) is 16.2 Å². The van der Waals surface area contributed by atoms with E-state index in [-0.39, 0.29) is 30.7 Å². The Hall–Kier alpha value is -4.20. The number of hydrogen-bond acceptors (Lipinski definition) is 5. The Kier molecular flexibility index (Phi) is 8.18. The number of hydrazone groups is 1. The Morgan fingerprint density at radius 2 is 1.84 bits per heavy atom. The Labute approximate surface area is 215 Å². The molecule has 4 rings (SSSR count). The molecule has 3 aromatic rings. The SMILES string of the molecule is CCOc1cc(/C=N\NC(=O)[C@@H]2CC(=O)N(c3ccc(C)c(C)c3)C2)ccc1OCc1ccc(F)cc1. The molecule has 1 aliphatic heterocycles. The summed E-state index contributed by atoms with van der Waals surface area (Å²) in [5.74, 6) is -0.0843. The maximum absolute atomic E-state index is 13.1. The van der Waals surface area contributed by atoms with Gasteiger partial charge in [0.05, 0.1) is 18.7 Å². The van der Waals surface area contributed by atoms with Gasteiger partial charge in [-0.05, 0) is 85.5 Å². The Balaban J connectivity index is 1.35. The first-order valence-electron chi connectivity index (χ1n) is 12.2. The van der Waals surface area contributed by atoms with Crippen LogP contribution >= 0.6 is 0 Å². The molecule has 0 bridgehead atoms. The Morgan fingerprint density at radius 3 is 2.57 bits per heavy atom. The lowest BCUT2D eigenvalue weighted by molar-refractivity contribution is -0.126. The summed E-state index contributed by atoms with van der Waals surface area (Å²) >= 11 is 0. The van der Waals surface area contributed by atoms with Gasteiger partial charge in [0.25, 0.3) is 0 Å². The van der Waals surface area contributed by atoms with E-state index in [1.807, 2.05) is 39.0 Å². The van der Waals surface area contributed by atoms with E-state index in [9.17, 15) is 14.0 Å². The van der Waals surface area contributed by atoms with Crippen LogP contribution in [0.25, 0.3) is 0 Å². The number of rotatable bonds is 9. The summed E-state index contributed by atoms with van der Waals surface area (Å²) in [5.41, 5.74) is 7.14. The maximum atomic E-state index is 13.1. The monoisotopic (exact) mass is 503 g/mol. The van der Waals surface area contributed by atoms with Gasteiger partial charge in [0.2, 0.25) is 11.8 Å². The van der Waals surface area contributed by atoms with Gasteiger partial charge in [-0.1, -0.05) is 18.2 Å². The van der Waals surface area contributed by atoms with E-state index in [1.165, 1.54) is 18.3 Å². The molecule has 8 heteroatoms. The maximum Gasteiger partial charge on any atom is 0.245 e. The van der Waals surface area contributed by atoms with Crippen LogP contribution < -0.4 is 19.8 Å². The molecule has 0 unspecified atom stereocenters. The van der Waals surface area contributed by atoms with Crippen molar-refractivity contribution < 1.29 is 23.5 Å². The predicted molar refractivity (Wildman–Crippen MR) is 140 cm³/mol. The molecule has 1 saturated heterocycles. The minimum Gasteiger partial charge on any atom is -0.490 e. The number of carbonyl (C=O) groups excluding carboxylic acids is 2. The summed E-state index contributed by atoms with van der Waals surface area (Å²) in [5, 5.41) is 4.08. The molecule has 7 nitrogen and oxygen atoms in total. The zero-order valence-corrected chi connectivity index (χ0v) is 21.2. The number of halogens is 1. The number of amides is 2. The zero-order chi connectivity index (χ0) is 26.4. The fourth-order valence-corrected chi connectivity index (χ4v) is 4.02. The van der Waals surface area contributed by atoms with E-state index in [2.05, 4.69) is 10.5 Å². The van der Waals surface area contributed by atoms with Crippen molar-refractivity contribution in [2.24, 2.45) is 11.0 Å². The fourth-order valence-electron chi connectivity index (χ4n) is 4.02. The molecular formula is C29H30FN3O4. The molecule has 2 amide bonds. The van der Waals surface area contributed by atoms with Crippen molar-refractivity contribution in [3.8, 4) is 11.5 Å². The van der Waals surface area contributed by atoms with Crippen LogP contribution in [0.15, 0.2) is 65.8 Å². The van der Waals surface area contributed by atoms with Gasteiger partial charge >= 0.3 is 0 Å². The van der Waals surface area contributed by atoms with Crippen molar-refractivity contribution >= 4 is 23.7 Å². The molecule has 192 valence electrons.